The molecular weight excluding hydrogens is 446 g/mol. The van der Waals surface area contributed by atoms with E-state index in [0.717, 1.165) is 21.2 Å². The maximum Gasteiger partial charge on any atom is 0.338 e. The normalized spacial score (nSPS) is 12.5. The Balaban J connectivity index is 1.59. The fraction of sp³-hybridized carbons (Fsp3) is 0.143. The second kappa shape index (κ2) is 9.38. The van der Waals surface area contributed by atoms with Crippen molar-refractivity contribution in [1.82, 2.24) is 0 Å². The van der Waals surface area contributed by atoms with E-state index in [2.05, 4.69) is 13.2 Å². The highest BCUT2D eigenvalue weighted by Gasteiger charge is 2.37. The first-order valence-corrected chi connectivity index (χ1v) is 10.9. The van der Waals surface area contributed by atoms with Crippen LogP contribution in [0.4, 0.5) is 5.69 Å². The number of rotatable bonds is 7. The lowest BCUT2D eigenvalue weighted by atomic mass is 10.1. The summed E-state index contributed by atoms with van der Waals surface area (Å²) in [5.74, 6) is -2.07. The van der Waals surface area contributed by atoms with E-state index in [-0.39, 0.29) is 29.9 Å². The molecule has 0 N–H and O–H groups in total. The van der Waals surface area contributed by atoms with E-state index in [1.54, 1.807) is 50.2 Å². The van der Waals surface area contributed by atoms with E-state index in [1.807, 2.05) is 0 Å². The van der Waals surface area contributed by atoms with Crippen LogP contribution < -0.4 is 4.90 Å². The van der Waals surface area contributed by atoms with Gasteiger partial charge in [0, 0.05) is 0 Å². The number of fused-ring (bicyclic) bond motifs is 2. The Bertz CT molecular complexity index is 1430. The molecule has 35 heavy (non-hydrogen) atoms. The molecule has 3 aromatic carbocycles. The Hall–Kier alpha value is -4.52. The van der Waals surface area contributed by atoms with Crippen molar-refractivity contribution in [3.05, 3.63) is 101 Å². The van der Waals surface area contributed by atoms with Crippen LogP contribution in [0.15, 0.2) is 78.9 Å². The van der Waals surface area contributed by atoms with Gasteiger partial charge in [0.05, 0.1) is 27.9 Å². The van der Waals surface area contributed by atoms with Gasteiger partial charge < -0.3 is 9.47 Å². The molecule has 0 aliphatic carbocycles. The minimum Gasteiger partial charge on any atom is -0.458 e. The second-order valence-electron chi connectivity index (χ2n) is 8.52. The molecule has 1 aliphatic rings. The van der Waals surface area contributed by atoms with Crippen molar-refractivity contribution in [3.63, 3.8) is 0 Å². The van der Waals surface area contributed by atoms with Crippen LogP contribution in [-0.2, 0) is 9.47 Å². The summed E-state index contributed by atoms with van der Waals surface area (Å²) in [4.78, 5) is 51.7. The van der Waals surface area contributed by atoms with Gasteiger partial charge in [-0.05, 0) is 78.2 Å². The van der Waals surface area contributed by atoms with Gasteiger partial charge in [-0.1, -0.05) is 25.3 Å². The van der Waals surface area contributed by atoms with Gasteiger partial charge in [0.1, 0.15) is 13.2 Å². The number of ether oxygens (including phenoxy) is 2. The first-order chi connectivity index (χ1) is 16.7. The maximum atomic E-state index is 13.1. The minimum absolute atomic E-state index is 0.0688. The van der Waals surface area contributed by atoms with Gasteiger partial charge in [0.15, 0.2) is 0 Å². The quantitative estimate of drug-likeness (QED) is 0.272. The summed E-state index contributed by atoms with van der Waals surface area (Å²) in [5, 5.41) is 1.48. The largest absolute Gasteiger partial charge is 0.458 e. The van der Waals surface area contributed by atoms with Crippen molar-refractivity contribution in [2.45, 2.75) is 13.8 Å². The van der Waals surface area contributed by atoms with Gasteiger partial charge in [-0.2, -0.15) is 0 Å². The molecule has 0 fully saturated rings. The molecule has 176 valence electrons. The van der Waals surface area contributed by atoms with Crippen molar-refractivity contribution >= 4 is 40.2 Å². The molecular formula is C28H23NO6. The van der Waals surface area contributed by atoms with Crippen LogP contribution >= 0.6 is 0 Å². The van der Waals surface area contributed by atoms with E-state index in [9.17, 15) is 19.2 Å². The highest BCUT2D eigenvalue weighted by Crippen LogP contribution is 2.31. The van der Waals surface area contributed by atoms with Crippen molar-refractivity contribution in [2.24, 2.45) is 0 Å². The van der Waals surface area contributed by atoms with Crippen LogP contribution in [0.2, 0.25) is 0 Å². The van der Waals surface area contributed by atoms with Crippen molar-refractivity contribution < 1.29 is 28.7 Å². The van der Waals surface area contributed by atoms with E-state index in [0.29, 0.717) is 16.8 Å². The van der Waals surface area contributed by atoms with Crippen LogP contribution in [0.3, 0.4) is 0 Å². The van der Waals surface area contributed by atoms with E-state index >= 15 is 0 Å². The summed E-state index contributed by atoms with van der Waals surface area (Å²) in [7, 11) is 0. The van der Waals surface area contributed by atoms with Crippen molar-refractivity contribution in [3.8, 4) is 0 Å². The number of carbonyl (C=O) groups is 4. The summed E-state index contributed by atoms with van der Waals surface area (Å²) in [6.45, 7) is 11.1. The molecule has 0 spiro atoms. The topological polar surface area (TPSA) is 90.0 Å². The molecule has 1 aliphatic heterocycles. The van der Waals surface area contributed by atoms with Gasteiger partial charge in [-0.3, -0.25) is 9.59 Å². The molecule has 0 bridgehead atoms. The van der Waals surface area contributed by atoms with Gasteiger partial charge in [0.2, 0.25) is 0 Å². The molecule has 0 aromatic heterocycles. The number of anilines is 1. The highest BCUT2D eigenvalue weighted by atomic mass is 16.5. The van der Waals surface area contributed by atoms with Gasteiger partial charge in [-0.25, -0.2) is 14.5 Å². The van der Waals surface area contributed by atoms with Gasteiger partial charge in [-0.15, -0.1) is 0 Å². The molecule has 1 heterocycles. The Labute approximate surface area is 202 Å². The molecule has 2 amide bonds. The number of benzene rings is 3. The second-order valence-corrected chi connectivity index (χ2v) is 8.52. The first kappa shape index (κ1) is 23.6. The summed E-state index contributed by atoms with van der Waals surface area (Å²) in [6.07, 6.45) is 0. The third kappa shape index (κ3) is 4.75. The third-order valence-corrected chi connectivity index (χ3v) is 5.34. The number of imide groups is 1. The molecule has 0 saturated carbocycles. The lowest BCUT2D eigenvalue weighted by Gasteiger charge is -2.15. The minimum atomic E-state index is -0.599. The zero-order valence-electron chi connectivity index (χ0n) is 19.4. The number of hydrogen-bond donors (Lipinski definition) is 0. The molecule has 0 saturated heterocycles. The third-order valence-electron chi connectivity index (χ3n) is 5.34. The summed E-state index contributed by atoms with van der Waals surface area (Å²) >= 11 is 0. The maximum absolute atomic E-state index is 13.1. The zero-order valence-corrected chi connectivity index (χ0v) is 19.4. The summed E-state index contributed by atoms with van der Waals surface area (Å²) < 4.78 is 10.3. The summed E-state index contributed by atoms with van der Waals surface area (Å²) in [6, 6.07) is 14.4. The fourth-order valence-corrected chi connectivity index (χ4v) is 3.65. The van der Waals surface area contributed by atoms with E-state index in [1.165, 1.54) is 18.2 Å². The Morgan fingerprint density at radius 3 is 1.86 bits per heavy atom. The zero-order chi connectivity index (χ0) is 25.3. The van der Waals surface area contributed by atoms with Crippen molar-refractivity contribution in [1.29, 1.82) is 0 Å². The Kier molecular flexibility index (Phi) is 6.34. The fourth-order valence-electron chi connectivity index (χ4n) is 3.65. The average Bonchev–Trinajstić information content (AvgIpc) is 3.09. The number of hydrogen-bond acceptors (Lipinski definition) is 6. The highest BCUT2D eigenvalue weighted by molar-refractivity contribution is 6.35. The average molecular weight is 469 g/mol. The molecule has 4 rings (SSSR count). The lowest BCUT2D eigenvalue weighted by Crippen LogP contribution is -2.29. The Morgan fingerprint density at radius 1 is 0.714 bits per heavy atom. The predicted octanol–water partition coefficient (Wildman–Crippen LogP) is 5.11. The van der Waals surface area contributed by atoms with Crippen LogP contribution in [0, 0.1) is 0 Å². The van der Waals surface area contributed by atoms with Crippen LogP contribution in [0.25, 0.3) is 10.8 Å². The SMILES string of the molecule is C=C(C)COC(=O)c1ccc2c(c1)C(=O)N(c1ccc3cc(C(=O)OCC(=C)C)ccc3c1)C2=O. The van der Waals surface area contributed by atoms with E-state index < -0.39 is 23.8 Å². The van der Waals surface area contributed by atoms with Crippen LogP contribution in [-0.4, -0.2) is 37.0 Å². The first-order valence-electron chi connectivity index (χ1n) is 10.9. The molecule has 0 radical (unpaired) electrons. The van der Waals surface area contributed by atoms with Crippen LogP contribution in [0.5, 0.6) is 0 Å². The molecule has 7 heteroatoms. The van der Waals surface area contributed by atoms with Crippen LogP contribution in [0.1, 0.15) is 55.3 Å². The number of amides is 2. The molecule has 0 atom stereocenters. The van der Waals surface area contributed by atoms with Gasteiger partial charge >= 0.3 is 11.9 Å². The van der Waals surface area contributed by atoms with Crippen molar-refractivity contribution in [2.75, 3.05) is 18.1 Å². The number of nitrogens with zero attached hydrogens (tertiary/aromatic N) is 1. The predicted molar refractivity (Wildman–Crippen MR) is 132 cm³/mol. The Morgan fingerprint density at radius 2 is 1.23 bits per heavy atom. The molecule has 7 nitrogen and oxygen atoms in total. The summed E-state index contributed by atoms with van der Waals surface area (Å²) in [5.41, 5.74) is 2.71. The lowest BCUT2D eigenvalue weighted by molar-refractivity contribution is 0.0531. The number of esters is 2. The smallest absolute Gasteiger partial charge is 0.338 e. The molecule has 0 unspecified atom stereocenters. The standard InChI is InChI=1S/C28H23NO6/c1-16(2)14-34-27(32)20-6-5-19-12-22(9-7-18(19)11-20)29-25(30)23-10-8-21(13-24(23)26(29)31)28(33)35-15-17(3)4/h5-13H,1,3,14-15H2,2,4H3. The number of carbonyl (C=O) groups excluding carboxylic acids is 4. The monoisotopic (exact) mass is 469 g/mol. The van der Waals surface area contributed by atoms with E-state index in [4.69, 9.17) is 9.47 Å². The van der Waals surface area contributed by atoms with Gasteiger partial charge in [0.25, 0.3) is 11.8 Å². The molecule has 3 aromatic rings.